The molecule has 0 radical (unpaired) electrons. The molecule has 4 rings (SSSR count). The second kappa shape index (κ2) is 9.70. The number of hydrogen-bond donors (Lipinski definition) is 3. The molecule has 0 spiro atoms. The Morgan fingerprint density at radius 3 is 2.03 bits per heavy atom. The highest BCUT2D eigenvalue weighted by Crippen LogP contribution is 2.22. The van der Waals surface area contributed by atoms with Crippen LogP contribution in [0.15, 0.2) is 53.4 Å². The van der Waals surface area contributed by atoms with Crippen LogP contribution in [-0.4, -0.2) is 43.8 Å². The molecule has 170 valence electrons. The Balaban J connectivity index is 1.29. The molecule has 0 atom stereocenters. The molecule has 3 amide bonds. The first-order chi connectivity index (χ1) is 15.4. The number of amides is 3. The zero-order valence-corrected chi connectivity index (χ0v) is 18.7. The van der Waals surface area contributed by atoms with E-state index in [9.17, 15) is 18.0 Å². The first-order valence-corrected chi connectivity index (χ1v) is 12.4. The fraction of sp³-hybridized carbons (Fsp3) is 0.391. The van der Waals surface area contributed by atoms with Gasteiger partial charge in [0.25, 0.3) is 0 Å². The van der Waals surface area contributed by atoms with E-state index in [-0.39, 0.29) is 29.3 Å². The van der Waals surface area contributed by atoms with E-state index >= 15 is 0 Å². The molecule has 8 nitrogen and oxygen atoms in total. The van der Waals surface area contributed by atoms with Gasteiger partial charge in [0.1, 0.15) is 0 Å². The van der Waals surface area contributed by atoms with E-state index in [1.807, 2.05) is 0 Å². The van der Waals surface area contributed by atoms with Crippen LogP contribution in [0.25, 0.3) is 0 Å². The van der Waals surface area contributed by atoms with E-state index < -0.39 is 10.0 Å². The number of rotatable bonds is 7. The maximum absolute atomic E-state index is 12.7. The molecule has 0 unspecified atom stereocenters. The van der Waals surface area contributed by atoms with Gasteiger partial charge in [-0.25, -0.2) is 13.2 Å². The van der Waals surface area contributed by atoms with Crippen LogP contribution in [0.2, 0.25) is 0 Å². The Hall–Kier alpha value is -2.91. The molecule has 0 aromatic heterocycles. The molecule has 3 N–H and O–H groups in total. The first-order valence-electron chi connectivity index (χ1n) is 11.0. The van der Waals surface area contributed by atoms with E-state index in [0.29, 0.717) is 24.5 Å². The lowest BCUT2D eigenvalue weighted by molar-refractivity contribution is -0.115. The van der Waals surface area contributed by atoms with Crippen molar-refractivity contribution in [1.29, 1.82) is 0 Å². The van der Waals surface area contributed by atoms with Crippen LogP contribution in [0.1, 0.15) is 37.7 Å². The van der Waals surface area contributed by atoms with E-state index in [0.717, 1.165) is 37.7 Å². The molecular formula is C23H28N4O4S. The van der Waals surface area contributed by atoms with Crippen LogP contribution < -0.4 is 16.0 Å². The molecule has 1 aliphatic carbocycles. The number of piperidine rings is 1. The van der Waals surface area contributed by atoms with Gasteiger partial charge >= 0.3 is 6.03 Å². The number of nitrogens with zero attached hydrogens (tertiary/aromatic N) is 1. The van der Waals surface area contributed by atoms with Crippen molar-refractivity contribution in [3.63, 3.8) is 0 Å². The molecule has 2 fully saturated rings. The van der Waals surface area contributed by atoms with Crippen molar-refractivity contribution in [2.75, 3.05) is 23.7 Å². The number of sulfonamides is 1. The minimum Gasteiger partial charge on any atom is -0.335 e. The van der Waals surface area contributed by atoms with Gasteiger partial charge in [-0.1, -0.05) is 18.6 Å². The SMILES string of the molecule is O=C(Cc1ccc(S(=O)(=O)N2CCCCC2)cc1)Nc1ccc(NC(=O)NC2CC2)cc1. The number of carbonyl (C=O) groups is 2. The van der Waals surface area contributed by atoms with Crippen LogP contribution in [0, 0.1) is 0 Å². The summed E-state index contributed by atoms with van der Waals surface area (Å²) in [5, 5.41) is 8.42. The van der Waals surface area contributed by atoms with E-state index in [2.05, 4.69) is 16.0 Å². The summed E-state index contributed by atoms with van der Waals surface area (Å²) in [6.07, 6.45) is 5.03. The normalized spacial score (nSPS) is 16.9. The van der Waals surface area contributed by atoms with Gasteiger partial charge in [-0.05, 0) is 67.6 Å². The number of urea groups is 1. The van der Waals surface area contributed by atoms with Gasteiger partial charge in [0.2, 0.25) is 15.9 Å². The smallest absolute Gasteiger partial charge is 0.319 e. The van der Waals surface area contributed by atoms with E-state index in [4.69, 9.17) is 0 Å². The lowest BCUT2D eigenvalue weighted by atomic mass is 10.1. The summed E-state index contributed by atoms with van der Waals surface area (Å²) in [7, 11) is -3.47. The third-order valence-electron chi connectivity index (χ3n) is 5.58. The number of hydrogen-bond acceptors (Lipinski definition) is 4. The number of nitrogens with one attached hydrogen (secondary N) is 3. The minimum absolute atomic E-state index is 0.133. The monoisotopic (exact) mass is 456 g/mol. The van der Waals surface area contributed by atoms with Gasteiger partial charge in [0.05, 0.1) is 11.3 Å². The molecule has 1 saturated carbocycles. The Morgan fingerprint density at radius 2 is 1.44 bits per heavy atom. The topological polar surface area (TPSA) is 108 Å². The molecule has 1 aliphatic heterocycles. The van der Waals surface area contributed by atoms with Gasteiger partial charge in [-0.15, -0.1) is 0 Å². The summed E-state index contributed by atoms with van der Waals surface area (Å²) in [6, 6.07) is 13.5. The summed E-state index contributed by atoms with van der Waals surface area (Å²) in [5.41, 5.74) is 1.99. The Bertz CT molecular complexity index is 1060. The van der Waals surface area contributed by atoms with Crippen molar-refractivity contribution in [2.24, 2.45) is 0 Å². The summed E-state index contributed by atoms with van der Waals surface area (Å²) in [4.78, 5) is 24.4. The lowest BCUT2D eigenvalue weighted by Crippen LogP contribution is -2.35. The van der Waals surface area contributed by atoms with Crippen LogP contribution in [-0.2, 0) is 21.2 Å². The van der Waals surface area contributed by atoms with Crippen LogP contribution >= 0.6 is 0 Å². The van der Waals surface area contributed by atoms with Gasteiger partial charge in [0, 0.05) is 30.5 Å². The quantitative estimate of drug-likeness (QED) is 0.594. The highest BCUT2D eigenvalue weighted by atomic mass is 32.2. The molecule has 1 heterocycles. The van der Waals surface area contributed by atoms with Crippen molar-refractivity contribution in [1.82, 2.24) is 9.62 Å². The Morgan fingerprint density at radius 1 is 0.844 bits per heavy atom. The number of benzene rings is 2. The van der Waals surface area contributed by atoms with Crippen molar-refractivity contribution < 1.29 is 18.0 Å². The van der Waals surface area contributed by atoms with E-state index in [1.54, 1.807) is 48.5 Å². The predicted octanol–water partition coefficient (Wildman–Crippen LogP) is 3.33. The molecule has 2 aromatic rings. The first kappa shape index (κ1) is 22.3. The van der Waals surface area contributed by atoms with Crippen LogP contribution in [0.3, 0.4) is 0 Å². The fourth-order valence-corrected chi connectivity index (χ4v) is 5.16. The van der Waals surface area contributed by atoms with Crippen molar-refractivity contribution in [3.8, 4) is 0 Å². The third kappa shape index (κ3) is 5.86. The largest absolute Gasteiger partial charge is 0.335 e. The van der Waals surface area contributed by atoms with E-state index in [1.165, 1.54) is 4.31 Å². The van der Waals surface area contributed by atoms with Crippen LogP contribution in [0.4, 0.5) is 16.2 Å². The summed E-state index contributed by atoms with van der Waals surface area (Å²) in [5.74, 6) is -0.205. The highest BCUT2D eigenvalue weighted by Gasteiger charge is 2.26. The Kier molecular flexibility index (Phi) is 6.76. The van der Waals surface area contributed by atoms with Gasteiger partial charge in [0.15, 0.2) is 0 Å². The predicted molar refractivity (Wildman–Crippen MR) is 123 cm³/mol. The molecule has 32 heavy (non-hydrogen) atoms. The zero-order valence-electron chi connectivity index (χ0n) is 17.8. The molecule has 2 aromatic carbocycles. The number of carbonyl (C=O) groups excluding carboxylic acids is 2. The zero-order chi connectivity index (χ0) is 22.6. The van der Waals surface area contributed by atoms with Gasteiger partial charge in [-0.3, -0.25) is 4.79 Å². The van der Waals surface area contributed by atoms with Crippen molar-refractivity contribution in [2.45, 2.75) is 49.5 Å². The summed E-state index contributed by atoms with van der Waals surface area (Å²) >= 11 is 0. The maximum atomic E-state index is 12.7. The van der Waals surface area contributed by atoms with Crippen LogP contribution in [0.5, 0.6) is 0 Å². The highest BCUT2D eigenvalue weighted by molar-refractivity contribution is 7.89. The van der Waals surface area contributed by atoms with Gasteiger partial charge < -0.3 is 16.0 Å². The third-order valence-corrected chi connectivity index (χ3v) is 7.49. The Labute approximate surface area is 188 Å². The minimum atomic E-state index is -3.47. The van der Waals surface area contributed by atoms with Crippen molar-refractivity contribution >= 4 is 33.3 Å². The second-order valence-electron chi connectivity index (χ2n) is 8.28. The molecule has 9 heteroatoms. The molecular weight excluding hydrogens is 428 g/mol. The maximum Gasteiger partial charge on any atom is 0.319 e. The molecule has 2 aliphatic rings. The lowest BCUT2D eigenvalue weighted by Gasteiger charge is -2.25. The standard InChI is InChI=1S/C23H28N4O4S/c28-22(24-18-6-8-19(9-7-18)25-23(29)26-20-10-11-20)16-17-4-12-21(13-5-17)32(30,31)27-14-2-1-3-15-27/h4-9,12-13,20H,1-3,10-11,14-16H2,(H,24,28)(H2,25,26,29). The average Bonchev–Trinajstić information content (AvgIpc) is 3.60. The van der Waals surface area contributed by atoms with Crippen molar-refractivity contribution in [3.05, 3.63) is 54.1 Å². The second-order valence-corrected chi connectivity index (χ2v) is 10.2. The summed E-state index contributed by atoms with van der Waals surface area (Å²) in [6.45, 7) is 1.12. The fourth-order valence-electron chi connectivity index (χ4n) is 3.64. The van der Waals surface area contributed by atoms with Gasteiger partial charge in [-0.2, -0.15) is 4.31 Å². The summed E-state index contributed by atoms with van der Waals surface area (Å²) < 4.78 is 27.0. The molecule has 0 bridgehead atoms. The number of anilines is 2. The average molecular weight is 457 g/mol. The molecule has 1 saturated heterocycles.